The number of para-hydroxylation sites is 2. The molecule has 1 aliphatic rings. The quantitative estimate of drug-likeness (QED) is 0.353. The Balaban J connectivity index is 1.71. The molecule has 33 heavy (non-hydrogen) atoms. The number of amides is 2. The van der Waals surface area contributed by atoms with Gasteiger partial charge in [0.1, 0.15) is 10.9 Å². The van der Waals surface area contributed by atoms with Crippen molar-refractivity contribution in [1.29, 1.82) is 0 Å². The Labute approximate surface area is 194 Å². The number of hydrogen-bond acceptors (Lipinski definition) is 8. The lowest BCUT2D eigenvalue weighted by atomic mass is 10.2. The van der Waals surface area contributed by atoms with Gasteiger partial charge in [0.15, 0.2) is 5.17 Å². The number of carbonyl (C=O) groups is 3. The summed E-state index contributed by atoms with van der Waals surface area (Å²) in [6.45, 7) is 4.17. The molecule has 1 unspecified atom stereocenters. The average Bonchev–Trinajstić information content (AvgIpc) is 3.08. The Morgan fingerprint density at radius 2 is 1.88 bits per heavy atom. The lowest BCUT2D eigenvalue weighted by molar-refractivity contribution is -0.383. The SMILES string of the molecule is CCOC(=O)c1ccc(N=C2SC(CC(=O)Nc3ccccc3[N+](=O)[O-])C(=O)N2CC)cc1. The van der Waals surface area contributed by atoms with Crippen LogP contribution >= 0.6 is 11.8 Å². The first kappa shape index (κ1) is 23.9. The van der Waals surface area contributed by atoms with E-state index in [4.69, 9.17) is 4.74 Å². The molecule has 0 aromatic heterocycles. The van der Waals surface area contributed by atoms with E-state index in [1.807, 2.05) is 0 Å². The summed E-state index contributed by atoms with van der Waals surface area (Å²) >= 11 is 1.15. The molecule has 0 aliphatic carbocycles. The van der Waals surface area contributed by atoms with Crippen LogP contribution in [0.4, 0.5) is 17.1 Å². The molecule has 172 valence electrons. The van der Waals surface area contributed by atoms with Crippen LogP contribution in [-0.4, -0.2) is 51.2 Å². The zero-order valence-corrected chi connectivity index (χ0v) is 18.8. The summed E-state index contributed by atoms with van der Waals surface area (Å²) in [7, 11) is 0. The lowest BCUT2D eigenvalue weighted by Crippen LogP contribution is -2.33. The number of hydrogen-bond donors (Lipinski definition) is 1. The van der Waals surface area contributed by atoms with Crippen molar-refractivity contribution in [3.63, 3.8) is 0 Å². The molecule has 2 aromatic rings. The Kier molecular flexibility index (Phi) is 7.78. The summed E-state index contributed by atoms with van der Waals surface area (Å²) in [5.74, 6) is -1.20. The highest BCUT2D eigenvalue weighted by molar-refractivity contribution is 8.15. The summed E-state index contributed by atoms with van der Waals surface area (Å²) in [6.07, 6.45) is -0.160. The van der Waals surface area contributed by atoms with Gasteiger partial charge in [-0.05, 0) is 44.2 Å². The van der Waals surface area contributed by atoms with Crippen molar-refractivity contribution < 1.29 is 24.0 Å². The molecule has 1 heterocycles. The number of carbonyl (C=O) groups excluding carboxylic acids is 3. The molecule has 11 heteroatoms. The first-order valence-electron chi connectivity index (χ1n) is 10.2. The topological polar surface area (TPSA) is 131 Å². The molecule has 1 N–H and O–H groups in total. The first-order valence-corrected chi connectivity index (χ1v) is 11.1. The second-order valence-electron chi connectivity index (χ2n) is 6.88. The van der Waals surface area contributed by atoms with Crippen LogP contribution in [0.15, 0.2) is 53.5 Å². The van der Waals surface area contributed by atoms with Gasteiger partial charge in [-0.2, -0.15) is 0 Å². The van der Waals surface area contributed by atoms with Crippen LogP contribution in [0, 0.1) is 10.1 Å². The fraction of sp³-hybridized carbons (Fsp3) is 0.273. The average molecular weight is 471 g/mol. The van der Waals surface area contributed by atoms with E-state index in [2.05, 4.69) is 10.3 Å². The minimum atomic E-state index is -0.703. The van der Waals surface area contributed by atoms with Crippen LogP contribution < -0.4 is 5.32 Å². The van der Waals surface area contributed by atoms with E-state index < -0.39 is 22.0 Å². The monoisotopic (exact) mass is 470 g/mol. The van der Waals surface area contributed by atoms with Crippen molar-refractivity contribution in [2.45, 2.75) is 25.5 Å². The fourth-order valence-electron chi connectivity index (χ4n) is 3.12. The van der Waals surface area contributed by atoms with Gasteiger partial charge in [0.25, 0.3) is 5.69 Å². The number of nitrogens with zero attached hydrogens (tertiary/aromatic N) is 3. The van der Waals surface area contributed by atoms with E-state index in [0.717, 1.165) is 11.8 Å². The molecule has 1 saturated heterocycles. The highest BCUT2D eigenvalue weighted by atomic mass is 32.2. The van der Waals surface area contributed by atoms with Crippen molar-refractivity contribution in [2.75, 3.05) is 18.5 Å². The molecule has 2 aromatic carbocycles. The number of esters is 1. The molecule has 0 radical (unpaired) electrons. The molecule has 1 atom stereocenters. The van der Waals surface area contributed by atoms with E-state index in [0.29, 0.717) is 23.0 Å². The van der Waals surface area contributed by atoms with E-state index >= 15 is 0 Å². The van der Waals surface area contributed by atoms with Crippen LogP contribution in [0.25, 0.3) is 0 Å². The number of nitrogens with one attached hydrogen (secondary N) is 1. The van der Waals surface area contributed by atoms with Crippen molar-refractivity contribution >= 4 is 51.8 Å². The van der Waals surface area contributed by atoms with Crippen LogP contribution in [-0.2, 0) is 14.3 Å². The smallest absolute Gasteiger partial charge is 0.338 e. The largest absolute Gasteiger partial charge is 0.462 e. The minimum Gasteiger partial charge on any atom is -0.462 e. The zero-order valence-electron chi connectivity index (χ0n) is 18.0. The number of nitro benzene ring substituents is 1. The second kappa shape index (κ2) is 10.7. The molecular weight excluding hydrogens is 448 g/mol. The molecular formula is C22H22N4O6S. The number of anilines is 1. The van der Waals surface area contributed by atoms with Crippen molar-refractivity contribution in [3.05, 3.63) is 64.2 Å². The Morgan fingerprint density at radius 3 is 2.52 bits per heavy atom. The zero-order chi connectivity index (χ0) is 24.0. The third-order valence-corrected chi connectivity index (χ3v) is 5.86. The summed E-state index contributed by atoms with van der Waals surface area (Å²) in [6, 6.07) is 12.3. The van der Waals surface area contributed by atoms with Crippen molar-refractivity contribution in [1.82, 2.24) is 4.90 Å². The highest BCUT2D eigenvalue weighted by Gasteiger charge is 2.38. The third kappa shape index (κ3) is 5.75. The van der Waals surface area contributed by atoms with Gasteiger partial charge in [0.05, 0.1) is 22.8 Å². The molecule has 3 rings (SSSR count). The number of amidine groups is 1. The highest BCUT2D eigenvalue weighted by Crippen LogP contribution is 2.32. The summed E-state index contributed by atoms with van der Waals surface area (Å²) in [5, 5.41) is 13.4. The first-order chi connectivity index (χ1) is 15.8. The molecule has 1 fully saturated rings. The second-order valence-corrected chi connectivity index (χ2v) is 8.05. The number of rotatable bonds is 8. The maximum Gasteiger partial charge on any atom is 0.338 e. The number of ether oxygens (including phenoxy) is 1. The van der Waals surface area contributed by atoms with Gasteiger partial charge in [-0.3, -0.25) is 24.6 Å². The number of nitro groups is 1. The van der Waals surface area contributed by atoms with E-state index in [-0.39, 0.29) is 30.3 Å². The normalized spacial score (nSPS) is 16.7. The van der Waals surface area contributed by atoms with Gasteiger partial charge < -0.3 is 10.1 Å². The summed E-state index contributed by atoms with van der Waals surface area (Å²) in [5.41, 5.74) is 0.792. The Bertz CT molecular complexity index is 1100. The summed E-state index contributed by atoms with van der Waals surface area (Å²) < 4.78 is 4.96. The Morgan fingerprint density at radius 1 is 1.18 bits per heavy atom. The Hall–Kier alpha value is -3.73. The number of aliphatic imine (C=N–C) groups is 1. The molecule has 1 aliphatic heterocycles. The maximum atomic E-state index is 12.8. The standard InChI is InChI=1S/C22H22N4O6S/c1-3-25-20(28)18(13-19(27)24-16-7-5-6-8-17(16)26(30)31)33-22(25)23-15-11-9-14(10-12-15)21(29)32-4-2/h5-12,18H,3-4,13H2,1-2H3,(H,24,27). The molecule has 0 spiro atoms. The van der Waals surface area contributed by atoms with Crippen molar-refractivity contribution in [2.24, 2.45) is 4.99 Å². The fourth-order valence-corrected chi connectivity index (χ4v) is 4.34. The van der Waals surface area contributed by atoms with Gasteiger partial charge in [-0.15, -0.1) is 0 Å². The van der Waals surface area contributed by atoms with Crippen LogP contribution in [0.2, 0.25) is 0 Å². The number of benzene rings is 2. The predicted molar refractivity (Wildman–Crippen MR) is 125 cm³/mol. The van der Waals surface area contributed by atoms with Crippen LogP contribution in [0.3, 0.4) is 0 Å². The maximum absolute atomic E-state index is 12.8. The lowest BCUT2D eigenvalue weighted by Gasteiger charge is -2.13. The molecule has 0 bridgehead atoms. The summed E-state index contributed by atoms with van der Waals surface area (Å²) in [4.78, 5) is 53.6. The van der Waals surface area contributed by atoms with Gasteiger partial charge in [-0.25, -0.2) is 9.79 Å². The van der Waals surface area contributed by atoms with Crippen LogP contribution in [0.1, 0.15) is 30.6 Å². The molecule has 10 nitrogen and oxygen atoms in total. The molecule has 2 amide bonds. The van der Waals surface area contributed by atoms with E-state index in [9.17, 15) is 24.5 Å². The molecule has 0 saturated carbocycles. The minimum absolute atomic E-state index is 0.0749. The van der Waals surface area contributed by atoms with Gasteiger partial charge in [0.2, 0.25) is 11.8 Å². The predicted octanol–water partition coefficient (Wildman–Crippen LogP) is 3.75. The third-order valence-electron chi connectivity index (χ3n) is 4.69. The van der Waals surface area contributed by atoms with Gasteiger partial charge in [-0.1, -0.05) is 23.9 Å². The van der Waals surface area contributed by atoms with Gasteiger partial charge >= 0.3 is 5.97 Å². The van der Waals surface area contributed by atoms with E-state index in [1.165, 1.54) is 23.1 Å². The van der Waals surface area contributed by atoms with Crippen LogP contribution in [0.5, 0.6) is 0 Å². The van der Waals surface area contributed by atoms with Crippen molar-refractivity contribution in [3.8, 4) is 0 Å². The van der Waals surface area contributed by atoms with E-state index in [1.54, 1.807) is 44.2 Å². The van der Waals surface area contributed by atoms with Gasteiger partial charge in [0, 0.05) is 19.0 Å². The number of thioether (sulfide) groups is 1.